The van der Waals surface area contributed by atoms with Crippen molar-refractivity contribution in [3.8, 4) is 0 Å². The van der Waals surface area contributed by atoms with Crippen LogP contribution in [-0.2, 0) is 18.6 Å². The topological polar surface area (TPSA) is 113 Å². The second-order valence-corrected chi connectivity index (χ2v) is 10.3. The van der Waals surface area contributed by atoms with E-state index in [0.717, 1.165) is 31.1 Å². The number of aliphatic hydroxyl groups excluding tert-OH is 1. The molecular weight excluding hydrogens is 383 g/mol. The van der Waals surface area contributed by atoms with Gasteiger partial charge in [-0.15, -0.1) is 0 Å². The van der Waals surface area contributed by atoms with Gasteiger partial charge in [0.1, 0.15) is 0 Å². The van der Waals surface area contributed by atoms with Crippen molar-refractivity contribution in [2.75, 3.05) is 26.0 Å². The number of carbonyl (C=O) groups is 1. The number of aliphatic hydroxyl groups is 1. The quantitative estimate of drug-likeness (QED) is 0.281. The lowest BCUT2D eigenvalue weighted by atomic mass is 9.93. The molecule has 0 aliphatic carbocycles. The molecule has 28 heavy (non-hydrogen) atoms. The second-order valence-electron chi connectivity index (χ2n) is 8.33. The molecule has 0 amide bonds. The van der Waals surface area contributed by atoms with Gasteiger partial charge in [-0.05, 0) is 24.2 Å². The monoisotopic (exact) mass is 424 g/mol. The minimum Gasteiger partial charge on any atom is -0.479 e. The molecule has 8 heteroatoms. The average Bonchev–Trinajstić information content (AvgIpc) is 2.57. The number of hydrogen-bond acceptors (Lipinski definition) is 5. The Labute approximate surface area is 170 Å². The SMILES string of the molecule is CC(C)CCCC(C)CCCC(C)CCOC(COP(=O)(O)CCO)C(=O)O. The van der Waals surface area contributed by atoms with Crippen molar-refractivity contribution >= 4 is 13.6 Å². The zero-order chi connectivity index (χ0) is 21.6. The molecule has 0 aliphatic heterocycles. The van der Waals surface area contributed by atoms with Crippen LogP contribution < -0.4 is 0 Å². The second kappa shape index (κ2) is 15.4. The first kappa shape index (κ1) is 27.5. The normalized spacial score (nSPS) is 17.2. The van der Waals surface area contributed by atoms with Crippen LogP contribution in [0.2, 0.25) is 0 Å². The maximum atomic E-state index is 11.5. The Morgan fingerprint density at radius 3 is 2.00 bits per heavy atom. The summed E-state index contributed by atoms with van der Waals surface area (Å²) in [7, 11) is -3.97. The van der Waals surface area contributed by atoms with Crippen molar-refractivity contribution in [3.05, 3.63) is 0 Å². The number of ether oxygens (including phenoxy) is 1. The van der Waals surface area contributed by atoms with Crippen LogP contribution in [0.4, 0.5) is 0 Å². The summed E-state index contributed by atoms with van der Waals surface area (Å²) >= 11 is 0. The van der Waals surface area contributed by atoms with Crippen molar-refractivity contribution in [1.82, 2.24) is 0 Å². The van der Waals surface area contributed by atoms with Crippen LogP contribution in [0.1, 0.15) is 72.6 Å². The minimum absolute atomic E-state index is 0.265. The first-order valence-electron chi connectivity index (χ1n) is 10.5. The van der Waals surface area contributed by atoms with E-state index in [2.05, 4.69) is 27.7 Å². The molecule has 0 fully saturated rings. The zero-order valence-corrected chi connectivity index (χ0v) is 18.9. The van der Waals surface area contributed by atoms with Crippen LogP contribution >= 0.6 is 7.60 Å². The van der Waals surface area contributed by atoms with Crippen LogP contribution in [0, 0.1) is 17.8 Å². The van der Waals surface area contributed by atoms with E-state index in [9.17, 15) is 14.3 Å². The lowest BCUT2D eigenvalue weighted by molar-refractivity contribution is -0.152. The highest BCUT2D eigenvalue weighted by molar-refractivity contribution is 7.52. The molecule has 0 radical (unpaired) electrons. The number of carboxylic acid groups (broad SMARTS) is 1. The maximum Gasteiger partial charge on any atom is 0.335 e. The fraction of sp³-hybridized carbons (Fsp3) is 0.950. The van der Waals surface area contributed by atoms with E-state index in [-0.39, 0.29) is 6.61 Å². The van der Waals surface area contributed by atoms with Gasteiger partial charge >= 0.3 is 13.6 Å². The number of aliphatic carboxylic acids is 1. The van der Waals surface area contributed by atoms with E-state index in [1.54, 1.807) is 0 Å². The van der Waals surface area contributed by atoms with E-state index in [0.29, 0.717) is 5.92 Å². The van der Waals surface area contributed by atoms with E-state index in [1.807, 2.05) is 0 Å². The number of carboxylic acids is 1. The molecule has 0 heterocycles. The predicted molar refractivity (Wildman–Crippen MR) is 111 cm³/mol. The van der Waals surface area contributed by atoms with Crippen molar-refractivity contribution in [2.45, 2.75) is 78.7 Å². The molecule has 0 saturated heterocycles. The van der Waals surface area contributed by atoms with Crippen LogP contribution in [0.5, 0.6) is 0 Å². The van der Waals surface area contributed by atoms with Crippen molar-refractivity contribution in [3.63, 3.8) is 0 Å². The molecule has 0 rings (SSSR count). The van der Waals surface area contributed by atoms with Gasteiger partial charge in [0.05, 0.1) is 19.4 Å². The molecule has 0 aliphatic rings. The molecule has 0 saturated carbocycles. The largest absolute Gasteiger partial charge is 0.479 e. The summed E-state index contributed by atoms with van der Waals surface area (Å²) in [6.07, 6.45) is 6.33. The van der Waals surface area contributed by atoms with Gasteiger partial charge in [-0.3, -0.25) is 4.57 Å². The first-order valence-corrected chi connectivity index (χ1v) is 12.2. The van der Waals surface area contributed by atoms with Crippen LogP contribution in [0.25, 0.3) is 0 Å². The fourth-order valence-corrected chi connectivity index (χ4v) is 3.71. The van der Waals surface area contributed by atoms with Gasteiger partial charge in [-0.1, -0.05) is 66.2 Å². The molecule has 0 aromatic heterocycles. The summed E-state index contributed by atoms with van der Waals surface area (Å²) in [5.74, 6) is 0.707. The highest BCUT2D eigenvalue weighted by Gasteiger charge is 2.25. The molecule has 0 aromatic rings. The van der Waals surface area contributed by atoms with Gasteiger partial charge in [-0.2, -0.15) is 0 Å². The van der Waals surface area contributed by atoms with Crippen LogP contribution in [0.15, 0.2) is 0 Å². The number of rotatable bonds is 18. The summed E-state index contributed by atoms with van der Waals surface area (Å²) in [5.41, 5.74) is 0. The maximum absolute atomic E-state index is 11.5. The highest BCUT2D eigenvalue weighted by atomic mass is 31.2. The third kappa shape index (κ3) is 15.5. The minimum atomic E-state index is -3.97. The Morgan fingerprint density at radius 2 is 1.50 bits per heavy atom. The van der Waals surface area contributed by atoms with E-state index in [1.165, 1.54) is 25.7 Å². The average molecular weight is 425 g/mol. The van der Waals surface area contributed by atoms with Gasteiger partial charge in [-0.25, -0.2) is 4.79 Å². The highest BCUT2D eigenvalue weighted by Crippen LogP contribution is 2.41. The molecule has 4 unspecified atom stereocenters. The predicted octanol–water partition coefficient (Wildman–Crippen LogP) is 4.31. The Bertz CT molecular complexity index is 456. The van der Waals surface area contributed by atoms with Gasteiger partial charge in [0.15, 0.2) is 6.10 Å². The Hall–Kier alpha value is -0.460. The van der Waals surface area contributed by atoms with Crippen molar-refractivity contribution in [1.29, 1.82) is 0 Å². The van der Waals surface area contributed by atoms with E-state index in [4.69, 9.17) is 19.5 Å². The molecule has 168 valence electrons. The lowest BCUT2D eigenvalue weighted by Crippen LogP contribution is -2.29. The smallest absolute Gasteiger partial charge is 0.335 e. The Balaban J connectivity index is 3.98. The summed E-state index contributed by atoms with van der Waals surface area (Å²) in [6.45, 7) is 8.21. The first-order chi connectivity index (χ1) is 13.1. The van der Waals surface area contributed by atoms with E-state index >= 15 is 0 Å². The van der Waals surface area contributed by atoms with Crippen LogP contribution in [0.3, 0.4) is 0 Å². The molecule has 3 N–H and O–H groups in total. The van der Waals surface area contributed by atoms with Gasteiger partial charge < -0.3 is 24.4 Å². The molecule has 0 bridgehead atoms. The molecule has 0 spiro atoms. The van der Waals surface area contributed by atoms with Gasteiger partial charge in [0, 0.05) is 6.61 Å². The third-order valence-electron chi connectivity index (χ3n) is 4.89. The van der Waals surface area contributed by atoms with Crippen molar-refractivity contribution in [2.24, 2.45) is 17.8 Å². The summed E-state index contributed by atoms with van der Waals surface area (Å²) in [4.78, 5) is 20.6. The lowest BCUT2D eigenvalue weighted by Gasteiger charge is -2.18. The molecule has 7 nitrogen and oxygen atoms in total. The van der Waals surface area contributed by atoms with Crippen molar-refractivity contribution < 1.29 is 33.7 Å². The molecular formula is C20H41O7P. The Morgan fingerprint density at radius 1 is 0.964 bits per heavy atom. The molecule has 4 atom stereocenters. The summed E-state index contributed by atoms with van der Waals surface area (Å²) in [6, 6.07) is 0. The Kier molecular flexibility index (Phi) is 15.1. The standard InChI is InChI=1S/C20H41O7P/c1-16(2)7-5-8-17(3)9-6-10-18(4)11-13-26-19(20(22)23)15-27-28(24,25)14-12-21/h16-19,21H,5-15H2,1-4H3,(H,22,23)(H,24,25). The van der Waals surface area contributed by atoms with Gasteiger partial charge in [0.2, 0.25) is 0 Å². The van der Waals surface area contributed by atoms with E-state index < -0.39 is 39.0 Å². The fourth-order valence-electron chi connectivity index (χ4n) is 2.96. The third-order valence-corrected chi connectivity index (χ3v) is 6.21. The summed E-state index contributed by atoms with van der Waals surface area (Å²) < 4.78 is 21.6. The summed E-state index contributed by atoms with van der Waals surface area (Å²) in [5, 5.41) is 17.8. The van der Waals surface area contributed by atoms with Crippen LogP contribution in [-0.4, -0.2) is 53.2 Å². The van der Waals surface area contributed by atoms with Gasteiger partial charge in [0.25, 0.3) is 0 Å². The number of hydrogen-bond donors (Lipinski definition) is 3. The zero-order valence-electron chi connectivity index (χ0n) is 18.0. The molecule has 0 aromatic carbocycles.